The molecule has 0 spiro atoms. The van der Waals surface area contributed by atoms with Crippen molar-refractivity contribution in [2.75, 3.05) is 33.4 Å². The number of likely N-dealkylation sites (N-methyl/N-ethyl adjacent to an activating group) is 1. The SMILES string of the molecule is CCOC(=O)C(C)(CC(C)N(CC)CCOC)NC1CC1. The van der Waals surface area contributed by atoms with Crippen LogP contribution in [0.5, 0.6) is 0 Å². The van der Waals surface area contributed by atoms with E-state index < -0.39 is 5.54 Å². The lowest BCUT2D eigenvalue weighted by Crippen LogP contribution is -2.55. The number of ether oxygens (including phenoxy) is 2. The molecule has 1 saturated carbocycles. The van der Waals surface area contributed by atoms with Gasteiger partial charge < -0.3 is 9.47 Å². The first kappa shape index (κ1) is 18.4. The molecular weight excluding hydrogens is 268 g/mol. The summed E-state index contributed by atoms with van der Waals surface area (Å²) in [6, 6.07) is 0.770. The maximum Gasteiger partial charge on any atom is 0.326 e. The molecule has 1 N–H and O–H groups in total. The van der Waals surface area contributed by atoms with Crippen LogP contribution >= 0.6 is 0 Å². The van der Waals surface area contributed by atoms with E-state index in [0.29, 0.717) is 25.3 Å². The van der Waals surface area contributed by atoms with Gasteiger partial charge in [-0.15, -0.1) is 0 Å². The topological polar surface area (TPSA) is 50.8 Å². The molecule has 0 amide bonds. The minimum absolute atomic E-state index is 0.133. The zero-order valence-electron chi connectivity index (χ0n) is 14.3. The summed E-state index contributed by atoms with van der Waals surface area (Å²) in [4.78, 5) is 14.7. The molecule has 21 heavy (non-hydrogen) atoms. The summed E-state index contributed by atoms with van der Waals surface area (Å²) in [6.07, 6.45) is 3.06. The predicted molar refractivity (Wildman–Crippen MR) is 84.4 cm³/mol. The summed E-state index contributed by atoms with van der Waals surface area (Å²) >= 11 is 0. The van der Waals surface area contributed by atoms with Crippen molar-refractivity contribution in [3.8, 4) is 0 Å². The molecule has 0 radical (unpaired) electrons. The van der Waals surface area contributed by atoms with Crippen LogP contribution < -0.4 is 5.32 Å². The van der Waals surface area contributed by atoms with Crippen LogP contribution in [0.4, 0.5) is 0 Å². The van der Waals surface area contributed by atoms with Crippen LogP contribution in [0.15, 0.2) is 0 Å². The van der Waals surface area contributed by atoms with Gasteiger partial charge in [0.2, 0.25) is 0 Å². The number of carbonyl (C=O) groups excluding carboxylic acids is 1. The van der Waals surface area contributed by atoms with Gasteiger partial charge in [-0.2, -0.15) is 0 Å². The van der Waals surface area contributed by atoms with E-state index in [0.717, 1.165) is 32.4 Å². The van der Waals surface area contributed by atoms with Gasteiger partial charge in [0.05, 0.1) is 13.2 Å². The highest BCUT2D eigenvalue weighted by atomic mass is 16.5. The van der Waals surface area contributed by atoms with Crippen molar-refractivity contribution in [2.45, 2.75) is 64.6 Å². The van der Waals surface area contributed by atoms with Gasteiger partial charge in [-0.25, -0.2) is 0 Å². The minimum Gasteiger partial charge on any atom is -0.465 e. The van der Waals surface area contributed by atoms with Crippen molar-refractivity contribution in [1.82, 2.24) is 10.2 Å². The number of nitrogens with one attached hydrogen (secondary N) is 1. The molecule has 124 valence electrons. The molecule has 5 heteroatoms. The minimum atomic E-state index is -0.600. The Balaban J connectivity index is 2.66. The second kappa shape index (κ2) is 8.71. The maximum absolute atomic E-state index is 12.4. The molecule has 2 unspecified atom stereocenters. The normalized spacial score (nSPS) is 19.3. The molecule has 0 aromatic carbocycles. The van der Waals surface area contributed by atoms with Gasteiger partial charge >= 0.3 is 5.97 Å². The van der Waals surface area contributed by atoms with Crippen molar-refractivity contribution in [3.63, 3.8) is 0 Å². The number of carbonyl (C=O) groups is 1. The van der Waals surface area contributed by atoms with E-state index in [-0.39, 0.29) is 5.97 Å². The summed E-state index contributed by atoms with van der Waals surface area (Å²) in [5, 5.41) is 3.49. The summed E-state index contributed by atoms with van der Waals surface area (Å²) < 4.78 is 10.5. The van der Waals surface area contributed by atoms with Gasteiger partial charge in [-0.1, -0.05) is 6.92 Å². The second-order valence-electron chi connectivity index (χ2n) is 6.15. The largest absolute Gasteiger partial charge is 0.465 e. The molecule has 0 bridgehead atoms. The summed E-state index contributed by atoms with van der Waals surface area (Å²) in [7, 11) is 1.72. The Kier molecular flexibility index (Phi) is 7.63. The summed E-state index contributed by atoms with van der Waals surface area (Å²) in [5.41, 5.74) is -0.600. The Morgan fingerprint density at radius 1 is 1.43 bits per heavy atom. The van der Waals surface area contributed by atoms with E-state index in [4.69, 9.17) is 9.47 Å². The number of nitrogens with zero attached hydrogens (tertiary/aromatic N) is 1. The number of rotatable bonds is 11. The van der Waals surface area contributed by atoms with E-state index in [1.165, 1.54) is 0 Å². The number of methoxy groups -OCH3 is 1. The molecule has 1 aliphatic carbocycles. The summed E-state index contributed by atoms with van der Waals surface area (Å²) in [6.45, 7) is 11.1. The predicted octanol–water partition coefficient (Wildman–Crippen LogP) is 1.81. The van der Waals surface area contributed by atoms with Crippen molar-refractivity contribution in [2.24, 2.45) is 0 Å². The molecule has 1 fully saturated rings. The molecule has 0 heterocycles. The molecule has 5 nitrogen and oxygen atoms in total. The van der Waals surface area contributed by atoms with Gasteiger partial charge in [0.15, 0.2) is 0 Å². The molecule has 0 aromatic rings. The fourth-order valence-electron chi connectivity index (χ4n) is 2.79. The zero-order chi connectivity index (χ0) is 15.9. The lowest BCUT2D eigenvalue weighted by atomic mass is 9.92. The lowest BCUT2D eigenvalue weighted by Gasteiger charge is -2.36. The standard InChI is InChI=1S/C16H32N2O3/c1-6-18(10-11-20-5)13(3)12-16(4,15(19)21-7-2)17-14-8-9-14/h13-14,17H,6-12H2,1-5H3. The molecule has 1 rings (SSSR count). The van der Waals surface area contributed by atoms with Crippen LogP contribution in [0.2, 0.25) is 0 Å². The first-order valence-electron chi connectivity index (χ1n) is 8.14. The third-order valence-corrected chi connectivity index (χ3v) is 4.14. The molecule has 0 aromatic heterocycles. The van der Waals surface area contributed by atoms with E-state index in [9.17, 15) is 4.79 Å². The maximum atomic E-state index is 12.4. The fraction of sp³-hybridized carbons (Fsp3) is 0.938. The van der Waals surface area contributed by atoms with E-state index in [1.54, 1.807) is 7.11 Å². The molecule has 2 atom stereocenters. The molecule has 1 aliphatic rings. The lowest BCUT2D eigenvalue weighted by molar-refractivity contribution is -0.151. The Bertz CT molecular complexity index is 321. The average molecular weight is 300 g/mol. The van der Waals surface area contributed by atoms with Crippen LogP contribution in [0.25, 0.3) is 0 Å². The Labute approximate surface area is 129 Å². The monoisotopic (exact) mass is 300 g/mol. The van der Waals surface area contributed by atoms with Gasteiger partial charge in [0.1, 0.15) is 5.54 Å². The third-order valence-electron chi connectivity index (χ3n) is 4.14. The summed E-state index contributed by atoms with van der Waals surface area (Å²) in [5.74, 6) is -0.133. The number of esters is 1. The second-order valence-corrected chi connectivity index (χ2v) is 6.15. The van der Waals surface area contributed by atoms with Crippen LogP contribution in [0.3, 0.4) is 0 Å². The number of hydrogen-bond acceptors (Lipinski definition) is 5. The molecular formula is C16H32N2O3. The highest BCUT2D eigenvalue weighted by Crippen LogP contribution is 2.26. The van der Waals surface area contributed by atoms with E-state index >= 15 is 0 Å². The van der Waals surface area contributed by atoms with Crippen molar-refractivity contribution >= 4 is 5.97 Å². The highest BCUT2D eigenvalue weighted by Gasteiger charge is 2.41. The van der Waals surface area contributed by atoms with Gasteiger partial charge in [0.25, 0.3) is 0 Å². The van der Waals surface area contributed by atoms with E-state index in [2.05, 4.69) is 24.1 Å². The average Bonchev–Trinajstić information content (AvgIpc) is 3.23. The number of hydrogen-bond donors (Lipinski definition) is 1. The first-order chi connectivity index (χ1) is 9.96. The molecule has 0 aliphatic heterocycles. The highest BCUT2D eigenvalue weighted by molar-refractivity contribution is 5.80. The van der Waals surface area contributed by atoms with Gasteiger partial charge in [-0.05, 0) is 46.6 Å². The Morgan fingerprint density at radius 2 is 2.10 bits per heavy atom. The van der Waals surface area contributed by atoms with Crippen LogP contribution in [0.1, 0.15) is 47.0 Å². The smallest absolute Gasteiger partial charge is 0.326 e. The fourth-order valence-corrected chi connectivity index (χ4v) is 2.79. The van der Waals surface area contributed by atoms with Crippen LogP contribution in [-0.4, -0.2) is 61.9 Å². The zero-order valence-corrected chi connectivity index (χ0v) is 14.3. The Hall–Kier alpha value is -0.650. The van der Waals surface area contributed by atoms with Crippen molar-refractivity contribution < 1.29 is 14.3 Å². The van der Waals surface area contributed by atoms with Crippen LogP contribution in [0, 0.1) is 0 Å². The van der Waals surface area contributed by atoms with Crippen molar-refractivity contribution in [1.29, 1.82) is 0 Å². The van der Waals surface area contributed by atoms with Crippen LogP contribution in [-0.2, 0) is 14.3 Å². The van der Waals surface area contributed by atoms with Gasteiger partial charge in [-0.3, -0.25) is 15.0 Å². The Morgan fingerprint density at radius 3 is 2.57 bits per heavy atom. The molecule has 0 saturated heterocycles. The quantitative estimate of drug-likeness (QED) is 0.590. The van der Waals surface area contributed by atoms with Crippen molar-refractivity contribution in [3.05, 3.63) is 0 Å². The first-order valence-corrected chi connectivity index (χ1v) is 8.14. The third kappa shape index (κ3) is 5.93. The van der Waals surface area contributed by atoms with Gasteiger partial charge in [0, 0.05) is 25.7 Å². The van der Waals surface area contributed by atoms with E-state index in [1.807, 2.05) is 13.8 Å².